The Kier molecular flexibility index (Phi) is 9.73. The minimum Gasteiger partial charge on any atom is -0.494 e. The zero-order valence-electron chi connectivity index (χ0n) is 20.6. The van der Waals surface area contributed by atoms with Gasteiger partial charge in [-0.2, -0.15) is 0 Å². The summed E-state index contributed by atoms with van der Waals surface area (Å²) in [5.41, 5.74) is 0. The first-order valence-corrected chi connectivity index (χ1v) is 13.5. The summed E-state index contributed by atoms with van der Waals surface area (Å²) in [5.74, 6) is 2.18. The van der Waals surface area contributed by atoms with Crippen LogP contribution in [0.15, 0.2) is 87.5 Å². The lowest BCUT2D eigenvalue weighted by molar-refractivity contribution is 0.150. The molecule has 6 nitrogen and oxygen atoms in total. The highest BCUT2D eigenvalue weighted by Gasteiger charge is 2.36. The summed E-state index contributed by atoms with van der Waals surface area (Å²) in [4.78, 5) is 14.3. The topological polar surface area (TPSA) is 74.2 Å². The molecule has 0 atom stereocenters. The zero-order chi connectivity index (χ0) is 25.1. The van der Waals surface area contributed by atoms with Gasteiger partial charge in [0.15, 0.2) is 0 Å². The first-order chi connectivity index (χ1) is 17.0. The predicted molar refractivity (Wildman–Crippen MR) is 138 cm³/mol. The van der Waals surface area contributed by atoms with Gasteiger partial charge in [-0.25, -0.2) is 4.79 Å². The van der Waals surface area contributed by atoms with Crippen molar-refractivity contribution in [3.63, 3.8) is 0 Å². The van der Waals surface area contributed by atoms with Crippen LogP contribution >= 0.6 is 10.3 Å². The average Bonchev–Trinajstić information content (AvgIpc) is 2.89. The van der Waals surface area contributed by atoms with Gasteiger partial charge in [-0.05, 0) is 102 Å². The van der Waals surface area contributed by atoms with Crippen molar-refractivity contribution < 1.29 is 28.3 Å². The molecule has 0 aromatic heterocycles. The fourth-order valence-electron chi connectivity index (χ4n) is 3.50. The van der Waals surface area contributed by atoms with Gasteiger partial charge >= 0.3 is 6.16 Å². The second-order valence-corrected chi connectivity index (χ2v) is 10.6. The quantitative estimate of drug-likeness (QED) is 0.258. The third kappa shape index (κ3) is 6.63. The van der Waals surface area contributed by atoms with Crippen molar-refractivity contribution in [3.8, 4) is 17.2 Å². The molecule has 0 saturated heterocycles. The lowest BCUT2D eigenvalue weighted by Crippen LogP contribution is -2.12. The van der Waals surface area contributed by atoms with Crippen molar-refractivity contribution in [1.82, 2.24) is 0 Å². The Hall–Kier alpha value is -3.32. The summed E-state index contributed by atoms with van der Waals surface area (Å²) in [5, 5.41) is 9.87. The van der Waals surface area contributed by atoms with Gasteiger partial charge in [0.25, 0.3) is 0 Å². The molecule has 0 amide bonds. The number of benzene rings is 3. The molecular formula is C28H34O6S. The molecule has 0 heterocycles. The van der Waals surface area contributed by atoms with E-state index in [0.29, 0.717) is 19.8 Å². The minimum absolute atomic E-state index is 0.613. The molecular weight excluding hydrogens is 464 g/mol. The van der Waals surface area contributed by atoms with E-state index in [-0.39, 0.29) is 0 Å². The van der Waals surface area contributed by atoms with E-state index < -0.39 is 16.5 Å². The molecule has 0 fully saturated rings. The number of hydrogen-bond donors (Lipinski definition) is 1. The summed E-state index contributed by atoms with van der Waals surface area (Å²) in [6, 6.07) is 22.4. The Morgan fingerprint density at radius 1 is 0.600 bits per heavy atom. The smallest absolute Gasteiger partial charge is 0.494 e. The van der Waals surface area contributed by atoms with Gasteiger partial charge in [0.1, 0.15) is 17.2 Å². The van der Waals surface area contributed by atoms with E-state index in [1.165, 1.54) is 0 Å². The van der Waals surface area contributed by atoms with Gasteiger partial charge in [-0.1, -0.05) is 20.8 Å². The molecule has 0 unspecified atom stereocenters. The Bertz CT molecular complexity index is 923. The SMILES string of the molecule is CCCOc1ccc(S(OC(=O)O)(c2ccc(OCCC)cc2)c2ccc(OCCC)cc2)cc1. The van der Waals surface area contributed by atoms with Crippen LogP contribution in [-0.2, 0) is 4.18 Å². The maximum Gasteiger partial charge on any atom is 0.517 e. The van der Waals surface area contributed by atoms with Crippen LogP contribution in [-0.4, -0.2) is 31.1 Å². The van der Waals surface area contributed by atoms with E-state index in [0.717, 1.165) is 51.2 Å². The molecule has 7 heteroatoms. The molecule has 0 radical (unpaired) electrons. The molecule has 3 aromatic carbocycles. The van der Waals surface area contributed by atoms with E-state index in [1.807, 2.05) is 93.6 Å². The summed E-state index contributed by atoms with van der Waals surface area (Å²) in [7, 11) is -2.61. The van der Waals surface area contributed by atoms with Crippen molar-refractivity contribution in [2.45, 2.75) is 54.7 Å². The lowest BCUT2D eigenvalue weighted by atomic mass is 10.3. The van der Waals surface area contributed by atoms with Gasteiger partial charge in [-0.3, -0.25) is 0 Å². The Morgan fingerprint density at radius 3 is 1.11 bits per heavy atom. The monoisotopic (exact) mass is 498 g/mol. The normalized spacial score (nSPS) is 11.5. The molecule has 188 valence electrons. The maximum absolute atomic E-state index is 12.1. The Balaban J connectivity index is 2.13. The molecule has 0 aliphatic rings. The fourth-order valence-corrected chi connectivity index (χ4v) is 6.38. The van der Waals surface area contributed by atoms with Crippen molar-refractivity contribution >= 4 is 16.5 Å². The molecule has 3 aromatic rings. The third-order valence-electron chi connectivity index (χ3n) is 5.08. The lowest BCUT2D eigenvalue weighted by Gasteiger charge is -2.38. The van der Waals surface area contributed by atoms with Crippen molar-refractivity contribution in [2.75, 3.05) is 19.8 Å². The van der Waals surface area contributed by atoms with E-state index in [9.17, 15) is 9.90 Å². The van der Waals surface area contributed by atoms with Crippen LogP contribution in [0.25, 0.3) is 0 Å². The van der Waals surface area contributed by atoms with E-state index >= 15 is 0 Å². The van der Waals surface area contributed by atoms with Crippen LogP contribution in [0.5, 0.6) is 17.2 Å². The van der Waals surface area contributed by atoms with Gasteiger partial charge in [0.05, 0.1) is 19.8 Å². The van der Waals surface area contributed by atoms with Crippen LogP contribution in [0.2, 0.25) is 0 Å². The number of rotatable bonds is 13. The van der Waals surface area contributed by atoms with Gasteiger partial charge in [-0.15, -0.1) is 0 Å². The largest absolute Gasteiger partial charge is 0.517 e. The molecule has 0 spiro atoms. The Labute approximate surface area is 209 Å². The first kappa shape index (κ1) is 26.3. The molecule has 0 aliphatic carbocycles. The summed E-state index contributed by atoms with van der Waals surface area (Å²) >= 11 is 0. The highest BCUT2D eigenvalue weighted by Crippen LogP contribution is 2.69. The van der Waals surface area contributed by atoms with Gasteiger partial charge in [0.2, 0.25) is 0 Å². The average molecular weight is 499 g/mol. The number of ether oxygens (including phenoxy) is 3. The first-order valence-electron chi connectivity index (χ1n) is 12.0. The standard InChI is InChI=1S/C28H34O6S/c1-4-19-31-22-7-13-25(14-8-22)35(34-28(29)30,26-15-9-23(10-16-26)32-20-5-2)27-17-11-24(12-18-27)33-21-6-3/h7-18H,4-6,19-21H2,1-3H3,(H,29,30). The van der Waals surface area contributed by atoms with Crippen LogP contribution < -0.4 is 14.2 Å². The molecule has 35 heavy (non-hydrogen) atoms. The maximum atomic E-state index is 12.1. The summed E-state index contributed by atoms with van der Waals surface area (Å²) in [6.45, 7) is 7.98. The number of carboxylic acid groups (broad SMARTS) is 1. The van der Waals surface area contributed by atoms with Crippen LogP contribution in [0, 0.1) is 0 Å². The minimum atomic E-state index is -2.61. The van der Waals surface area contributed by atoms with E-state index in [4.69, 9.17) is 18.4 Å². The molecule has 3 rings (SSSR count). The molecule has 0 bridgehead atoms. The summed E-state index contributed by atoms with van der Waals surface area (Å²) in [6.07, 6.45) is 1.36. The Morgan fingerprint density at radius 2 is 0.886 bits per heavy atom. The number of carbonyl (C=O) groups is 1. The highest BCUT2D eigenvalue weighted by atomic mass is 32.3. The van der Waals surface area contributed by atoms with E-state index in [2.05, 4.69) is 0 Å². The van der Waals surface area contributed by atoms with Gasteiger partial charge < -0.3 is 23.5 Å². The van der Waals surface area contributed by atoms with Crippen molar-refractivity contribution in [3.05, 3.63) is 72.8 Å². The van der Waals surface area contributed by atoms with Crippen LogP contribution in [0.1, 0.15) is 40.0 Å². The molecule has 0 aliphatic heterocycles. The van der Waals surface area contributed by atoms with E-state index in [1.54, 1.807) is 0 Å². The second-order valence-electron chi connectivity index (χ2n) is 7.87. The number of hydrogen-bond acceptors (Lipinski definition) is 5. The van der Waals surface area contributed by atoms with Crippen LogP contribution in [0.4, 0.5) is 4.79 Å². The van der Waals surface area contributed by atoms with Crippen LogP contribution in [0.3, 0.4) is 0 Å². The second kappa shape index (κ2) is 13.0. The third-order valence-corrected chi connectivity index (χ3v) is 8.28. The fraction of sp³-hybridized carbons (Fsp3) is 0.321. The zero-order valence-corrected chi connectivity index (χ0v) is 21.4. The van der Waals surface area contributed by atoms with Gasteiger partial charge in [0, 0.05) is 14.7 Å². The van der Waals surface area contributed by atoms with Crippen molar-refractivity contribution in [1.29, 1.82) is 0 Å². The highest BCUT2D eigenvalue weighted by molar-refractivity contribution is 8.30. The summed E-state index contributed by atoms with van der Waals surface area (Å²) < 4.78 is 23.1. The van der Waals surface area contributed by atoms with Crippen molar-refractivity contribution in [2.24, 2.45) is 0 Å². The molecule has 1 N–H and O–H groups in total. The molecule has 0 saturated carbocycles. The predicted octanol–water partition coefficient (Wildman–Crippen LogP) is 7.94.